The highest BCUT2D eigenvalue weighted by molar-refractivity contribution is 6.30. The van der Waals surface area contributed by atoms with Gasteiger partial charge in [-0.2, -0.15) is 0 Å². The van der Waals surface area contributed by atoms with Gasteiger partial charge in [-0.1, -0.05) is 166 Å². The minimum absolute atomic E-state index is 0.359. The van der Waals surface area contributed by atoms with Crippen molar-refractivity contribution in [2.75, 3.05) is 19.6 Å². The molecule has 0 saturated heterocycles. The standard InChI is InChI=1S/4C11H8O2.C6H15N.BH3O3/c4*12-11(13)10-7-3-5-8-4-1-2-6-9(8)10;1-4-7(5-2)6-3;2-1(3)4/h4*1-7H,(H,12,13);4-6H2,1-3H3;2-4H. The number of fused-ring (bicyclic) bond motifs is 4. The molecule has 63 heavy (non-hydrogen) atoms. The van der Waals surface area contributed by atoms with Gasteiger partial charge in [0.25, 0.3) is 0 Å². The summed E-state index contributed by atoms with van der Waals surface area (Å²) < 4.78 is 0. The number of carboxylic acid groups (broad SMARTS) is 4. The van der Waals surface area contributed by atoms with E-state index < -0.39 is 31.2 Å². The van der Waals surface area contributed by atoms with E-state index in [-0.39, 0.29) is 0 Å². The van der Waals surface area contributed by atoms with Crippen molar-refractivity contribution in [3.8, 4) is 0 Å². The number of nitrogens with zero attached hydrogens (tertiary/aromatic N) is 1. The van der Waals surface area contributed by atoms with Crippen LogP contribution >= 0.6 is 0 Å². The Morgan fingerprint density at radius 3 is 0.683 bits per heavy atom. The molecule has 8 rings (SSSR count). The molecule has 0 spiro atoms. The molecule has 0 aliphatic rings. The molecule has 13 heteroatoms. The molecule has 12 nitrogen and oxygen atoms in total. The summed E-state index contributed by atoms with van der Waals surface area (Å²) in [6, 6.07) is 51.0. The summed E-state index contributed by atoms with van der Waals surface area (Å²) in [4.78, 5) is 45.6. The van der Waals surface area contributed by atoms with Crippen LogP contribution in [0.15, 0.2) is 170 Å². The normalized spacial score (nSPS) is 9.95. The van der Waals surface area contributed by atoms with Crippen molar-refractivity contribution in [1.82, 2.24) is 4.90 Å². The van der Waals surface area contributed by atoms with Crippen LogP contribution in [0, 0.1) is 0 Å². The fourth-order valence-corrected chi connectivity index (χ4v) is 6.32. The summed E-state index contributed by atoms with van der Waals surface area (Å²) in [6.07, 6.45) is 0. The van der Waals surface area contributed by atoms with Crippen molar-refractivity contribution >= 4 is 74.3 Å². The quantitative estimate of drug-likeness (QED) is 0.0747. The van der Waals surface area contributed by atoms with Gasteiger partial charge in [0.15, 0.2) is 0 Å². The third-order valence-corrected chi connectivity index (χ3v) is 9.42. The van der Waals surface area contributed by atoms with E-state index in [1.54, 1.807) is 48.5 Å². The molecule has 0 atom stereocenters. The van der Waals surface area contributed by atoms with Gasteiger partial charge in [0.05, 0.1) is 22.3 Å². The predicted octanol–water partition coefficient (Wildman–Crippen LogP) is 9.45. The van der Waals surface area contributed by atoms with Crippen molar-refractivity contribution in [2.45, 2.75) is 20.8 Å². The second-order valence-corrected chi connectivity index (χ2v) is 13.3. The fourth-order valence-electron chi connectivity index (χ4n) is 6.32. The minimum atomic E-state index is -2.17. The Labute approximate surface area is 365 Å². The van der Waals surface area contributed by atoms with Gasteiger partial charge in [-0.3, -0.25) is 0 Å². The number of benzene rings is 8. The first kappa shape index (κ1) is 49.9. The Balaban J connectivity index is 0.000000208. The van der Waals surface area contributed by atoms with Gasteiger partial charge in [0.2, 0.25) is 0 Å². The Kier molecular flexibility index (Phi) is 20.6. The molecule has 0 bridgehead atoms. The fraction of sp³-hybridized carbons (Fsp3) is 0.120. The Bertz CT molecular complexity index is 2350. The summed E-state index contributed by atoms with van der Waals surface area (Å²) in [7, 11) is -2.17. The van der Waals surface area contributed by atoms with Crippen LogP contribution in [0.25, 0.3) is 43.1 Å². The first-order valence-electron chi connectivity index (χ1n) is 19.8. The zero-order valence-electron chi connectivity index (χ0n) is 35.1. The smallest absolute Gasteiger partial charge is 0.478 e. The van der Waals surface area contributed by atoms with Gasteiger partial charge >= 0.3 is 31.2 Å². The third kappa shape index (κ3) is 15.5. The van der Waals surface area contributed by atoms with Crippen molar-refractivity contribution < 1.29 is 54.7 Å². The summed E-state index contributed by atoms with van der Waals surface area (Å²) in [5, 5.41) is 64.0. The van der Waals surface area contributed by atoms with E-state index in [4.69, 9.17) is 35.5 Å². The highest BCUT2D eigenvalue weighted by Gasteiger charge is 2.09. The maximum Gasteiger partial charge on any atom is 0.631 e. The molecule has 0 heterocycles. The van der Waals surface area contributed by atoms with Crippen LogP contribution in [-0.2, 0) is 0 Å². The molecule has 8 aromatic carbocycles. The Morgan fingerprint density at radius 2 is 0.524 bits per heavy atom. The monoisotopic (exact) mass is 851 g/mol. The van der Waals surface area contributed by atoms with Crippen LogP contribution in [0.3, 0.4) is 0 Å². The van der Waals surface area contributed by atoms with Gasteiger partial charge < -0.3 is 40.4 Å². The van der Waals surface area contributed by atoms with Gasteiger partial charge in [0, 0.05) is 0 Å². The van der Waals surface area contributed by atoms with Gasteiger partial charge in [-0.15, -0.1) is 0 Å². The maximum absolute atomic E-state index is 10.8. The van der Waals surface area contributed by atoms with Crippen molar-refractivity contribution in [2.24, 2.45) is 0 Å². The van der Waals surface area contributed by atoms with Crippen molar-refractivity contribution in [3.63, 3.8) is 0 Å². The minimum Gasteiger partial charge on any atom is -0.478 e. The first-order valence-corrected chi connectivity index (χ1v) is 19.8. The predicted molar refractivity (Wildman–Crippen MR) is 250 cm³/mol. The number of hydrogen-bond acceptors (Lipinski definition) is 8. The van der Waals surface area contributed by atoms with E-state index in [1.807, 2.05) is 121 Å². The summed E-state index contributed by atoms with van der Waals surface area (Å²) in [5.41, 5.74) is 1.44. The molecule has 0 aliphatic carbocycles. The van der Waals surface area contributed by atoms with Crippen LogP contribution in [0.4, 0.5) is 0 Å². The molecule has 0 amide bonds. The molecular formula is C50H50BNO11. The maximum atomic E-state index is 10.8. The molecule has 0 fully saturated rings. The number of aromatic carboxylic acids is 4. The lowest BCUT2D eigenvalue weighted by Crippen LogP contribution is -2.21. The van der Waals surface area contributed by atoms with E-state index in [0.29, 0.717) is 22.3 Å². The van der Waals surface area contributed by atoms with Crippen LogP contribution in [0.2, 0.25) is 0 Å². The van der Waals surface area contributed by atoms with E-state index in [1.165, 1.54) is 19.6 Å². The molecule has 0 aliphatic heterocycles. The molecular weight excluding hydrogens is 801 g/mol. The van der Waals surface area contributed by atoms with Crippen LogP contribution in [-0.4, -0.2) is 91.2 Å². The lowest BCUT2D eigenvalue weighted by Gasteiger charge is -2.13. The number of rotatable bonds is 7. The molecule has 8 aromatic rings. The number of hydrogen-bond donors (Lipinski definition) is 7. The topological polar surface area (TPSA) is 213 Å². The average Bonchev–Trinajstić information content (AvgIpc) is 3.29. The molecule has 7 N–H and O–H groups in total. The summed E-state index contributed by atoms with van der Waals surface area (Å²) in [5.74, 6) is -3.51. The number of carbonyl (C=O) groups is 4. The van der Waals surface area contributed by atoms with E-state index in [2.05, 4.69) is 25.7 Å². The van der Waals surface area contributed by atoms with E-state index in [9.17, 15) is 19.2 Å². The highest BCUT2D eigenvalue weighted by atomic mass is 16.5. The molecule has 0 aromatic heterocycles. The van der Waals surface area contributed by atoms with Gasteiger partial charge in [-0.05, 0) is 87.0 Å². The second kappa shape index (κ2) is 26.0. The van der Waals surface area contributed by atoms with Crippen LogP contribution < -0.4 is 0 Å². The lowest BCUT2D eigenvalue weighted by atomic mass is 10.1. The van der Waals surface area contributed by atoms with Gasteiger partial charge in [-0.25, -0.2) is 19.2 Å². The zero-order valence-corrected chi connectivity index (χ0v) is 35.1. The van der Waals surface area contributed by atoms with Gasteiger partial charge in [0.1, 0.15) is 0 Å². The van der Waals surface area contributed by atoms with Crippen LogP contribution in [0.5, 0.6) is 0 Å². The molecule has 0 unspecified atom stereocenters. The first-order chi connectivity index (χ1) is 30.2. The Morgan fingerprint density at radius 1 is 0.349 bits per heavy atom. The zero-order chi connectivity index (χ0) is 46.3. The van der Waals surface area contributed by atoms with E-state index >= 15 is 0 Å². The third-order valence-electron chi connectivity index (χ3n) is 9.42. The SMILES string of the molecule is CCN(CC)CC.O=C(O)c1cccc2ccccc12.O=C(O)c1cccc2ccccc12.O=C(O)c1cccc2ccccc12.O=C(O)c1cccc2ccccc12.OB(O)O. The molecule has 0 saturated carbocycles. The molecule has 0 radical (unpaired) electrons. The summed E-state index contributed by atoms with van der Waals surface area (Å²) in [6.45, 7) is 10.1. The number of carboxylic acids is 4. The van der Waals surface area contributed by atoms with E-state index in [0.717, 1.165) is 43.1 Å². The lowest BCUT2D eigenvalue weighted by molar-refractivity contribution is 0.0688. The van der Waals surface area contributed by atoms with Crippen molar-refractivity contribution in [3.05, 3.63) is 192 Å². The average molecular weight is 852 g/mol. The Hall–Kier alpha value is -7.42. The van der Waals surface area contributed by atoms with Crippen LogP contribution in [0.1, 0.15) is 62.2 Å². The van der Waals surface area contributed by atoms with Crippen molar-refractivity contribution in [1.29, 1.82) is 0 Å². The summed E-state index contributed by atoms with van der Waals surface area (Å²) >= 11 is 0. The largest absolute Gasteiger partial charge is 0.631 e. The highest BCUT2D eigenvalue weighted by Crippen LogP contribution is 2.21. The second-order valence-electron chi connectivity index (χ2n) is 13.3. The molecule has 324 valence electrons.